The average molecular weight is 532 g/mol. The van der Waals surface area contributed by atoms with Crippen LogP contribution in [-0.2, 0) is 30.4 Å². The maximum Gasteiger partial charge on any atom is 0.419 e. The first-order chi connectivity index (χ1) is 17.3. The summed E-state index contributed by atoms with van der Waals surface area (Å²) in [5, 5.41) is 12.0. The Morgan fingerprint density at radius 3 is 2.68 bits per heavy atom. The maximum atomic E-state index is 13.6. The normalized spacial score (nSPS) is 17.9. The van der Waals surface area contributed by atoms with Crippen molar-refractivity contribution in [3.8, 4) is 0 Å². The first-order valence-electron chi connectivity index (χ1n) is 11.1. The monoisotopic (exact) mass is 532 g/mol. The Bertz CT molecular complexity index is 1240. The van der Waals surface area contributed by atoms with Crippen LogP contribution in [0.25, 0.3) is 0 Å². The number of carbonyl (C=O) groups is 2. The standard InChI is InChI=1S/C22H22F6N6O3/c1-11-5-17-14(8-33(11)21(36)29-12-3-4-16(23)15(6-12)22(26,27)28)19-20(35)32(2)30-13(7-34(19)31-17)9-37-10-18(24)25/h3-4,6,11,18H,5,7-10H2,1-2H3,(H,29,36)/t11-/m1/s1. The summed E-state index contributed by atoms with van der Waals surface area (Å²) in [6.07, 6.45) is -7.36. The van der Waals surface area contributed by atoms with Crippen molar-refractivity contribution in [2.24, 2.45) is 5.10 Å². The minimum atomic E-state index is -4.94. The van der Waals surface area contributed by atoms with Gasteiger partial charge >= 0.3 is 12.2 Å². The van der Waals surface area contributed by atoms with E-state index in [4.69, 9.17) is 4.74 Å². The molecule has 1 atom stereocenters. The van der Waals surface area contributed by atoms with Crippen LogP contribution in [0.3, 0.4) is 0 Å². The molecule has 2 aliphatic heterocycles. The third kappa shape index (κ3) is 5.55. The molecule has 0 aliphatic carbocycles. The van der Waals surface area contributed by atoms with Gasteiger partial charge in [0, 0.05) is 30.8 Å². The Hall–Kier alpha value is -3.62. The molecule has 0 spiro atoms. The van der Waals surface area contributed by atoms with E-state index in [0.717, 1.165) is 11.1 Å². The minimum Gasteiger partial charge on any atom is -0.369 e. The molecule has 9 nitrogen and oxygen atoms in total. The number of nitrogens with one attached hydrogen (secondary N) is 1. The summed E-state index contributed by atoms with van der Waals surface area (Å²) >= 11 is 0. The van der Waals surface area contributed by atoms with Gasteiger partial charge in [-0.15, -0.1) is 0 Å². The smallest absolute Gasteiger partial charge is 0.369 e. The first-order valence-corrected chi connectivity index (χ1v) is 11.1. The van der Waals surface area contributed by atoms with Crippen molar-refractivity contribution in [1.82, 2.24) is 19.7 Å². The van der Waals surface area contributed by atoms with Crippen LogP contribution in [0, 0.1) is 5.82 Å². The van der Waals surface area contributed by atoms with Gasteiger partial charge in [0.15, 0.2) is 0 Å². The molecule has 1 aromatic heterocycles. The van der Waals surface area contributed by atoms with E-state index in [1.54, 1.807) is 6.92 Å². The zero-order valence-corrected chi connectivity index (χ0v) is 19.7. The van der Waals surface area contributed by atoms with E-state index in [0.29, 0.717) is 23.4 Å². The molecule has 2 aliphatic rings. The number of ether oxygens (including phenoxy) is 1. The highest BCUT2D eigenvalue weighted by Gasteiger charge is 2.37. The van der Waals surface area contributed by atoms with Gasteiger partial charge in [0.1, 0.15) is 18.1 Å². The molecule has 0 bridgehead atoms. The Balaban J connectivity index is 1.55. The molecule has 1 aromatic carbocycles. The molecule has 3 heterocycles. The van der Waals surface area contributed by atoms with Crippen molar-refractivity contribution >= 4 is 23.3 Å². The lowest BCUT2D eigenvalue weighted by atomic mass is 9.99. The second-order valence-electron chi connectivity index (χ2n) is 8.64. The molecule has 200 valence electrons. The van der Waals surface area contributed by atoms with Gasteiger partial charge in [-0.25, -0.2) is 23.0 Å². The van der Waals surface area contributed by atoms with E-state index in [1.807, 2.05) is 0 Å². The maximum absolute atomic E-state index is 13.6. The van der Waals surface area contributed by atoms with Crippen LogP contribution >= 0.6 is 0 Å². The Kier molecular flexibility index (Phi) is 7.17. The fourth-order valence-electron chi connectivity index (χ4n) is 4.19. The van der Waals surface area contributed by atoms with Crippen molar-refractivity contribution in [1.29, 1.82) is 0 Å². The van der Waals surface area contributed by atoms with E-state index in [-0.39, 0.29) is 43.2 Å². The number of rotatable bonds is 5. The third-order valence-corrected chi connectivity index (χ3v) is 5.90. The fourth-order valence-corrected chi connectivity index (χ4v) is 4.19. The summed E-state index contributed by atoms with van der Waals surface area (Å²) in [7, 11) is 1.38. The zero-order valence-electron chi connectivity index (χ0n) is 19.7. The number of nitrogens with zero attached hydrogens (tertiary/aromatic N) is 5. The molecule has 3 amide bonds. The average Bonchev–Trinajstić information content (AvgIpc) is 3.08. The highest BCUT2D eigenvalue weighted by Crippen LogP contribution is 2.33. The summed E-state index contributed by atoms with van der Waals surface area (Å²) in [5.41, 5.74) is -0.341. The van der Waals surface area contributed by atoms with Gasteiger partial charge in [0.05, 0.1) is 36.7 Å². The van der Waals surface area contributed by atoms with E-state index >= 15 is 0 Å². The summed E-state index contributed by atoms with van der Waals surface area (Å²) in [5.74, 6) is -2.01. The summed E-state index contributed by atoms with van der Waals surface area (Å²) in [6, 6.07) is 0.952. The Morgan fingerprint density at radius 1 is 1.27 bits per heavy atom. The number of halogens is 6. The second kappa shape index (κ2) is 10.0. The third-order valence-electron chi connectivity index (χ3n) is 5.90. The first kappa shape index (κ1) is 26.4. The van der Waals surface area contributed by atoms with Crippen molar-refractivity contribution in [3.05, 3.63) is 46.5 Å². The van der Waals surface area contributed by atoms with Crippen LogP contribution in [-0.4, -0.2) is 70.1 Å². The van der Waals surface area contributed by atoms with Crippen molar-refractivity contribution < 1.29 is 40.7 Å². The Morgan fingerprint density at radius 2 is 2.00 bits per heavy atom. The predicted molar refractivity (Wildman–Crippen MR) is 118 cm³/mol. The summed E-state index contributed by atoms with van der Waals surface area (Å²) in [4.78, 5) is 27.4. The fraction of sp³-hybridized carbons (Fsp3) is 0.455. The number of aromatic nitrogens is 2. The number of urea groups is 1. The molecule has 1 N–H and O–H groups in total. The number of carbonyl (C=O) groups excluding carboxylic acids is 2. The number of anilines is 1. The Labute approximate surface area is 206 Å². The van der Waals surface area contributed by atoms with Crippen LogP contribution in [0.15, 0.2) is 23.3 Å². The molecule has 4 rings (SSSR count). The molecule has 37 heavy (non-hydrogen) atoms. The highest BCUT2D eigenvalue weighted by molar-refractivity contribution is 5.98. The molecule has 0 fully saturated rings. The lowest BCUT2D eigenvalue weighted by Gasteiger charge is -2.33. The quantitative estimate of drug-likeness (QED) is 0.594. The summed E-state index contributed by atoms with van der Waals surface area (Å²) < 4.78 is 83.9. The summed E-state index contributed by atoms with van der Waals surface area (Å²) in [6.45, 7) is 0.589. The van der Waals surface area contributed by atoms with Crippen molar-refractivity contribution in [2.45, 2.75) is 45.1 Å². The number of amides is 3. The van der Waals surface area contributed by atoms with Gasteiger partial charge in [-0.3, -0.25) is 9.48 Å². The molecule has 0 saturated carbocycles. The van der Waals surface area contributed by atoms with E-state index in [9.17, 15) is 35.9 Å². The molecular weight excluding hydrogens is 510 g/mol. The van der Waals surface area contributed by atoms with E-state index < -0.39 is 48.6 Å². The minimum absolute atomic E-state index is 0.00196. The lowest BCUT2D eigenvalue weighted by Crippen LogP contribution is -2.45. The van der Waals surface area contributed by atoms with Gasteiger partial charge in [0.25, 0.3) is 12.3 Å². The van der Waals surface area contributed by atoms with E-state index in [2.05, 4.69) is 15.5 Å². The number of hydrazone groups is 1. The van der Waals surface area contributed by atoms with Crippen LogP contribution in [0.5, 0.6) is 0 Å². The molecular formula is C22H22F6N6O3. The number of alkyl halides is 5. The zero-order chi connectivity index (χ0) is 27.1. The lowest BCUT2D eigenvalue weighted by molar-refractivity contribution is -0.139. The largest absolute Gasteiger partial charge is 0.419 e. The SMILES string of the molecule is C[C@@H]1Cc2nn3c(c2CN1C(=O)Nc1ccc(F)c(C(F)(F)F)c1)C(=O)N(C)N=C(COCC(F)F)C3. The van der Waals surface area contributed by atoms with Gasteiger partial charge in [-0.2, -0.15) is 23.4 Å². The predicted octanol–water partition coefficient (Wildman–Crippen LogP) is 3.74. The van der Waals surface area contributed by atoms with Gasteiger partial charge in [-0.05, 0) is 25.1 Å². The van der Waals surface area contributed by atoms with Crippen LogP contribution in [0.2, 0.25) is 0 Å². The van der Waals surface area contributed by atoms with Crippen molar-refractivity contribution in [3.63, 3.8) is 0 Å². The number of hydrogen-bond acceptors (Lipinski definition) is 5. The van der Waals surface area contributed by atoms with Crippen LogP contribution < -0.4 is 5.32 Å². The molecule has 0 saturated heterocycles. The number of hydrogen-bond donors (Lipinski definition) is 1. The van der Waals surface area contributed by atoms with E-state index in [1.165, 1.54) is 16.6 Å². The molecule has 15 heteroatoms. The van der Waals surface area contributed by atoms with Crippen molar-refractivity contribution in [2.75, 3.05) is 25.6 Å². The van der Waals surface area contributed by atoms with Gasteiger partial charge in [0.2, 0.25) is 0 Å². The topological polar surface area (TPSA) is 92.1 Å². The molecule has 0 unspecified atom stereocenters. The van der Waals surface area contributed by atoms with Gasteiger partial charge in [-0.1, -0.05) is 0 Å². The van der Waals surface area contributed by atoms with Gasteiger partial charge < -0.3 is 15.0 Å². The number of fused-ring (bicyclic) bond motifs is 3. The molecule has 2 aromatic rings. The molecule has 0 radical (unpaired) electrons. The highest BCUT2D eigenvalue weighted by atomic mass is 19.4. The second-order valence-corrected chi connectivity index (χ2v) is 8.64. The van der Waals surface area contributed by atoms with Crippen LogP contribution in [0.1, 0.15) is 34.2 Å². The van der Waals surface area contributed by atoms with Crippen LogP contribution in [0.4, 0.5) is 36.8 Å². The number of benzene rings is 1.